The number of hydrogen-bond acceptors (Lipinski definition) is 6. The summed E-state index contributed by atoms with van der Waals surface area (Å²) in [6, 6.07) is 14.4. The standard InChI is InChI=1S/C19H16N2O2S2/c1-24-11-18-20-21-19(23-18)25-10-17(22)13-6-7-16-14(9-13)8-12-4-2-3-5-15(12)16/h2-7,9H,8,10-11H2,1H3. The Hall–Kier alpha value is -2.05. The third-order valence-electron chi connectivity index (χ3n) is 4.16. The molecule has 0 N–H and O–H groups in total. The topological polar surface area (TPSA) is 56.0 Å². The van der Waals surface area contributed by atoms with Gasteiger partial charge in [-0.2, -0.15) is 11.8 Å². The molecule has 25 heavy (non-hydrogen) atoms. The van der Waals surface area contributed by atoms with Crippen LogP contribution in [0, 0.1) is 0 Å². The number of hydrogen-bond donors (Lipinski definition) is 0. The highest BCUT2D eigenvalue weighted by molar-refractivity contribution is 7.99. The molecule has 0 saturated heterocycles. The number of Topliss-reactive ketones (excluding diaryl/α,β-unsaturated/α-hetero) is 1. The van der Waals surface area contributed by atoms with Gasteiger partial charge in [0.1, 0.15) is 0 Å². The van der Waals surface area contributed by atoms with Crippen molar-refractivity contribution in [3.63, 3.8) is 0 Å². The van der Waals surface area contributed by atoms with Crippen LogP contribution in [0.25, 0.3) is 11.1 Å². The number of aromatic nitrogens is 2. The van der Waals surface area contributed by atoms with Gasteiger partial charge in [0.25, 0.3) is 5.22 Å². The fourth-order valence-electron chi connectivity index (χ4n) is 3.01. The molecule has 4 nitrogen and oxygen atoms in total. The zero-order chi connectivity index (χ0) is 17.2. The monoisotopic (exact) mass is 368 g/mol. The van der Waals surface area contributed by atoms with Crippen LogP contribution < -0.4 is 0 Å². The summed E-state index contributed by atoms with van der Waals surface area (Å²) in [5, 5.41) is 8.37. The summed E-state index contributed by atoms with van der Waals surface area (Å²) in [7, 11) is 0. The van der Waals surface area contributed by atoms with Gasteiger partial charge in [-0.25, -0.2) is 0 Å². The molecule has 0 unspecified atom stereocenters. The number of nitrogens with zero attached hydrogens (tertiary/aromatic N) is 2. The summed E-state index contributed by atoms with van der Waals surface area (Å²) < 4.78 is 5.49. The van der Waals surface area contributed by atoms with Gasteiger partial charge in [-0.15, -0.1) is 10.2 Å². The molecule has 4 rings (SSSR count). The Morgan fingerprint density at radius 3 is 2.84 bits per heavy atom. The van der Waals surface area contributed by atoms with E-state index in [1.165, 1.54) is 34.0 Å². The maximum Gasteiger partial charge on any atom is 0.277 e. The van der Waals surface area contributed by atoms with Gasteiger partial charge in [-0.3, -0.25) is 4.79 Å². The zero-order valence-corrected chi connectivity index (χ0v) is 15.3. The van der Waals surface area contributed by atoms with Crippen LogP contribution in [0.3, 0.4) is 0 Å². The third kappa shape index (κ3) is 3.37. The van der Waals surface area contributed by atoms with Crippen LogP contribution in [0.15, 0.2) is 52.1 Å². The molecule has 0 aliphatic heterocycles. The maximum absolute atomic E-state index is 12.5. The lowest BCUT2D eigenvalue weighted by Gasteiger charge is -2.04. The summed E-state index contributed by atoms with van der Waals surface area (Å²) in [6.07, 6.45) is 2.87. The van der Waals surface area contributed by atoms with Gasteiger partial charge < -0.3 is 4.42 Å². The van der Waals surface area contributed by atoms with Gasteiger partial charge in [-0.1, -0.05) is 48.2 Å². The number of benzene rings is 2. The van der Waals surface area contributed by atoms with Gasteiger partial charge in [-0.05, 0) is 41.0 Å². The summed E-state index contributed by atoms with van der Waals surface area (Å²) in [4.78, 5) is 12.5. The highest BCUT2D eigenvalue weighted by atomic mass is 32.2. The average Bonchev–Trinajstić information content (AvgIpc) is 3.23. The molecule has 0 atom stereocenters. The molecule has 3 aromatic rings. The van der Waals surface area contributed by atoms with Crippen LogP contribution in [0.4, 0.5) is 0 Å². The Balaban J connectivity index is 1.45. The van der Waals surface area contributed by atoms with E-state index in [1.807, 2.05) is 18.4 Å². The highest BCUT2D eigenvalue weighted by Crippen LogP contribution is 2.36. The van der Waals surface area contributed by atoms with Crippen LogP contribution in [0.2, 0.25) is 0 Å². The summed E-state index contributed by atoms with van der Waals surface area (Å²) in [5.41, 5.74) is 5.79. The fourth-order valence-corrected chi connectivity index (χ4v) is 4.05. The van der Waals surface area contributed by atoms with Crippen molar-refractivity contribution in [2.45, 2.75) is 17.4 Å². The third-order valence-corrected chi connectivity index (χ3v) is 5.51. The Morgan fingerprint density at radius 2 is 1.96 bits per heavy atom. The predicted molar refractivity (Wildman–Crippen MR) is 101 cm³/mol. The van der Waals surface area contributed by atoms with Gasteiger partial charge in [0, 0.05) is 5.56 Å². The van der Waals surface area contributed by atoms with Crippen molar-refractivity contribution in [3.05, 3.63) is 65.0 Å². The molecule has 1 aromatic heterocycles. The Kier molecular flexibility index (Phi) is 4.63. The zero-order valence-electron chi connectivity index (χ0n) is 13.7. The molecule has 0 bridgehead atoms. The van der Waals surface area contributed by atoms with Crippen LogP contribution in [0.5, 0.6) is 0 Å². The molecular weight excluding hydrogens is 352 g/mol. The van der Waals surface area contributed by atoms with Crippen molar-refractivity contribution < 1.29 is 9.21 Å². The number of ketones is 1. The second-order valence-corrected chi connectivity index (χ2v) is 7.61. The molecule has 6 heteroatoms. The quantitative estimate of drug-likeness (QED) is 0.369. The minimum Gasteiger partial charge on any atom is -0.415 e. The first-order valence-corrected chi connectivity index (χ1v) is 10.3. The lowest BCUT2D eigenvalue weighted by molar-refractivity contribution is 0.102. The SMILES string of the molecule is CSCc1nnc(SCC(=O)c2ccc3c(c2)Cc2ccccc2-3)o1. The van der Waals surface area contributed by atoms with Crippen LogP contribution in [-0.2, 0) is 12.2 Å². The Morgan fingerprint density at radius 1 is 1.12 bits per heavy atom. The minimum atomic E-state index is 0.0772. The molecule has 126 valence electrons. The van der Waals surface area contributed by atoms with E-state index in [9.17, 15) is 4.79 Å². The molecule has 1 heterocycles. The van der Waals surface area contributed by atoms with Crippen molar-refractivity contribution in [2.75, 3.05) is 12.0 Å². The van der Waals surface area contributed by atoms with Crippen LogP contribution in [0.1, 0.15) is 27.4 Å². The first kappa shape index (κ1) is 16.4. The Labute approximate surface area is 154 Å². The predicted octanol–water partition coefficient (Wildman–Crippen LogP) is 4.48. The molecule has 1 aliphatic rings. The molecular formula is C19H16N2O2S2. The summed E-state index contributed by atoms with van der Waals surface area (Å²) in [5.74, 6) is 1.66. The summed E-state index contributed by atoms with van der Waals surface area (Å²) >= 11 is 2.91. The second kappa shape index (κ2) is 7.06. The summed E-state index contributed by atoms with van der Waals surface area (Å²) in [6.45, 7) is 0. The van der Waals surface area contributed by atoms with Gasteiger partial charge in [0.15, 0.2) is 5.78 Å². The van der Waals surface area contributed by atoms with E-state index in [1.54, 1.807) is 11.8 Å². The van der Waals surface area contributed by atoms with E-state index in [2.05, 4.69) is 40.5 Å². The Bertz CT molecular complexity index is 937. The number of carbonyl (C=O) groups is 1. The number of carbonyl (C=O) groups excluding carboxylic acids is 1. The van der Waals surface area contributed by atoms with E-state index < -0.39 is 0 Å². The van der Waals surface area contributed by atoms with Gasteiger partial charge in [0.05, 0.1) is 11.5 Å². The lowest BCUT2D eigenvalue weighted by atomic mass is 10.0. The molecule has 0 radical (unpaired) electrons. The molecule has 0 saturated carbocycles. The lowest BCUT2D eigenvalue weighted by Crippen LogP contribution is -2.03. The number of rotatable bonds is 6. The maximum atomic E-state index is 12.5. The van der Waals surface area contributed by atoms with Crippen molar-refractivity contribution in [1.82, 2.24) is 10.2 Å². The van der Waals surface area contributed by atoms with Gasteiger partial charge in [0.2, 0.25) is 5.89 Å². The second-order valence-electron chi connectivity index (χ2n) is 5.81. The molecule has 2 aromatic carbocycles. The van der Waals surface area contributed by atoms with Crippen molar-refractivity contribution in [1.29, 1.82) is 0 Å². The van der Waals surface area contributed by atoms with Crippen molar-refractivity contribution >= 4 is 29.3 Å². The van der Waals surface area contributed by atoms with E-state index >= 15 is 0 Å². The van der Waals surface area contributed by atoms with E-state index in [4.69, 9.17) is 4.42 Å². The average molecular weight is 368 g/mol. The number of thioether (sulfide) groups is 2. The highest BCUT2D eigenvalue weighted by Gasteiger charge is 2.19. The molecule has 0 spiro atoms. The largest absolute Gasteiger partial charge is 0.415 e. The molecule has 0 fully saturated rings. The first-order chi connectivity index (χ1) is 12.2. The molecule has 0 amide bonds. The smallest absolute Gasteiger partial charge is 0.277 e. The van der Waals surface area contributed by atoms with Gasteiger partial charge >= 0.3 is 0 Å². The van der Waals surface area contributed by atoms with E-state index in [0.717, 1.165) is 12.0 Å². The normalized spacial score (nSPS) is 12.0. The molecule has 1 aliphatic carbocycles. The van der Waals surface area contributed by atoms with Crippen LogP contribution >= 0.6 is 23.5 Å². The number of fused-ring (bicyclic) bond motifs is 3. The van der Waals surface area contributed by atoms with Crippen molar-refractivity contribution in [2.24, 2.45) is 0 Å². The van der Waals surface area contributed by atoms with E-state index in [-0.39, 0.29) is 5.78 Å². The van der Waals surface area contributed by atoms with E-state index in [0.29, 0.717) is 22.6 Å². The fraction of sp³-hybridized carbons (Fsp3) is 0.211. The van der Waals surface area contributed by atoms with Crippen LogP contribution in [-0.4, -0.2) is 28.0 Å². The van der Waals surface area contributed by atoms with Crippen molar-refractivity contribution in [3.8, 4) is 11.1 Å². The minimum absolute atomic E-state index is 0.0772. The first-order valence-electron chi connectivity index (χ1n) is 7.93.